The van der Waals surface area contributed by atoms with E-state index >= 15 is 0 Å². The van der Waals surface area contributed by atoms with E-state index in [1.165, 1.54) is 0 Å². The summed E-state index contributed by atoms with van der Waals surface area (Å²) < 4.78 is 1.77. The highest BCUT2D eigenvalue weighted by molar-refractivity contribution is 5.89. The highest BCUT2D eigenvalue weighted by Gasteiger charge is 2.46. The number of para-hydroxylation sites is 2. The Morgan fingerprint density at radius 1 is 1.07 bits per heavy atom. The van der Waals surface area contributed by atoms with Crippen LogP contribution in [-0.4, -0.2) is 38.2 Å². The van der Waals surface area contributed by atoms with E-state index in [9.17, 15) is 4.79 Å². The molecule has 0 spiro atoms. The molecule has 1 aliphatic carbocycles. The molecule has 29 heavy (non-hydrogen) atoms. The number of tetrazole rings is 1. The lowest BCUT2D eigenvalue weighted by atomic mass is 9.75. The summed E-state index contributed by atoms with van der Waals surface area (Å²) in [4.78, 5) is 15.0. The Kier molecular flexibility index (Phi) is 5.29. The van der Waals surface area contributed by atoms with Crippen LogP contribution in [0.25, 0.3) is 5.69 Å². The van der Waals surface area contributed by atoms with Crippen molar-refractivity contribution in [3.8, 4) is 5.69 Å². The van der Waals surface area contributed by atoms with Gasteiger partial charge in [0.05, 0.1) is 5.69 Å². The van der Waals surface area contributed by atoms with Crippen molar-refractivity contribution in [2.45, 2.75) is 38.1 Å². The third-order valence-electron chi connectivity index (χ3n) is 5.96. The van der Waals surface area contributed by atoms with Gasteiger partial charge in [0.25, 0.3) is 0 Å². The number of nitrogens with zero attached hydrogens (tertiary/aromatic N) is 5. The van der Waals surface area contributed by atoms with E-state index in [-0.39, 0.29) is 6.03 Å². The van der Waals surface area contributed by atoms with E-state index in [0.717, 1.165) is 37.1 Å². The van der Waals surface area contributed by atoms with Crippen LogP contribution in [0.2, 0.25) is 0 Å². The number of rotatable bonds is 4. The van der Waals surface area contributed by atoms with E-state index < -0.39 is 5.54 Å². The minimum atomic E-state index is -0.565. The second-order valence-electron chi connectivity index (χ2n) is 7.82. The molecule has 0 saturated heterocycles. The van der Waals surface area contributed by atoms with Crippen molar-refractivity contribution in [1.29, 1.82) is 0 Å². The first-order valence-corrected chi connectivity index (χ1v) is 10.0. The predicted octanol–water partition coefficient (Wildman–Crippen LogP) is 4.23. The van der Waals surface area contributed by atoms with Crippen molar-refractivity contribution in [3.05, 3.63) is 66.5 Å². The lowest BCUT2D eigenvalue weighted by Gasteiger charge is -2.44. The molecule has 0 aliphatic heterocycles. The van der Waals surface area contributed by atoms with Crippen LogP contribution in [0.3, 0.4) is 0 Å². The second-order valence-corrected chi connectivity index (χ2v) is 7.82. The van der Waals surface area contributed by atoms with Gasteiger partial charge in [-0.15, -0.1) is 5.10 Å². The van der Waals surface area contributed by atoms with Gasteiger partial charge in [0.15, 0.2) is 5.82 Å². The zero-order valence-electron chi connectivity index (χ0n) is 16.8. The quantitative estimate of drug-likeness (QED) is 0.723. The van der Waals surface area contributed by atoms with Gasteiger partial charge in [-0.25, -0.2) is 4.79 Å². The first-order valence-electron chi connectivity index (χ1n) is 10.0. The van der Waals surface area contributed by atoms with Crippen LogP contribution in [0.4, 0.5) is 10.5 Å². The number of aromatic nitrogens is 4. The van der Waals surface area contributed by atoms with E-state index in [4.69, 9.17) is 0 Å². The standard InChI is InChI=1S/C22H26N6O/c1-17-13-15-22(16-14-17,27(2)21(29)23-18-9-5-3-6-10-18)20-24-25-26-28(20)19-11-7-4-8-12-19/h3-12,17H,13-16H2,1-2H3,(H,23,29). The number of nitrogens with one attached hydrogen (secondary N) is 1. The summed E-state index contributed by atoms with van der Waals surface area (Å²) in [6.45, 7) is 2.26. The maximum atomic E-state index is 13.2. The van der Waals surface area contributed by atoms with E-state index in [2.05, 4.69) is 27.8 Å². The first-order chi connectivity index (χ1) is 14.1. The molecule has 1 heterocycles. The Labute approximate surface area is 170 Å². The van der Waals surface area contributed by atoms with Gasteiger partial charge in [-0.2, -0.15) is 4.68 Å². The van der Waals surface area contributed by atoms with Gasteiger partial charge < -0.3 is 10.2 Å². The van der Waals surface area contributed by atoms with Crippen molar-refractivity contribution in [2.75, 3.05) is 12.4 Å². The highest BCUT2D eigenvalue weighted by atomic mass is 16.2. The van der Waals surface area contributed by atoms with Gasteiger partial charge in [0.2, 0.25) is 0 Å². The topological polar surface area (TPSA) is 75.9 Å². The number of carbonyl (C=O) groups is 1. The Morgan fingerprint density at radius 2 is 1.69 bits per heavy atom. The van der Waals surface area contributed by atoms with E-state index in [1.807, 2.05) is 67.7 Å². The molecular weight excluding hydrogens is 364 g/mol. The largest absolute Gasteiger partial charge is 0.322 e. The number of carbonyl (C=O) groups excluding carboxylic acids is 1. The highest BCUT2D eigenvalue weighted by Crippen LogP contribution is 2.43. The van der Waals surface area contributed by atoms with Crippen molar-refractivity contribution in [1.82, 2.24) is 25.1 Å². The van der Waals surface area contributed by atoms with Gasteiger partial charge in [-0.1, -0.05) is 43.3 Å². The molecular formula is C22H26N6O. The average molecular weight is 390 g/mol. The minimum Gasteiger partial charge on any atom is -0.315 e. The number of urea groups is 1. The molecule has 1 saturated carbocycles. The van der Waals surface area contributed by atoms with Crippen LogP contribution in [0.15, 0.2) is 60.7 Å². The lowest BCUT2D eigenvalue weighted by molar-refractivity contribution is 0.0786. The number of hydrogen-bond donors (Lipinski definition) is 1. The van der Waals surface area contributed by atoms with Crippen LogP contribution in [0.1, 0.15) is 38.4 Å². The molecule has 2 aromatic carbocycles. The molecule has 1 aromatic heterocycles. The second kappa shape index (κ2) is 8.03. The van der Waals surface area contributed by atoms with Crippen LogP contribution in [0.5, 0.6) is 0 Å². The van der Waals surface area contributed by atoms with Gasteiger partial charge in [0.1, 0.15) is 5.54 Å². The molecule has 0 unspecified atom stereocenters. The third-order valence-corrected chi connectivity index (χ3v) is 5.96. The molecule has 3 aromatic rings. The molecule has 1 fully saturated rings. The number of anilines is 1. The molecule has 1 N–H and O–H groups in total. The summed E-state index contributed by atoms with van der Waals surface area (Å²) in [6.07, 6.45) is 3.68. The van der Waals surface area contributed by atoms with Crippen molar-refractivity contribution < 1.29 is 4.79 Å². The third kappa shape index (κ3) is 3.72. The van der Waals surface area contributed by atoms with Gasteiger partial charge in [-0.05, 0) is 66.3 Å². The van der Waals surface area contributed by atoms with E-state index in [0.29, 0.717) is 11.7 Å². The molecule has 0 atom stereocenters. The van der Waals surface area contributed by atoms with Crippen LogP contribution < -0.4 is 5.32 Å². The molecule has 7 nitrogen and oxygen atoms in total. The molecule has 4 rings (SSSR count). The van der Waals surface area contributed by atoms with Crippen molar-refractivity contribution in [3.63, 3.8) is 0 Å². The Morgan fingerprint density at radius 3 is 2.34 bits per heavy atom. The average Bonchev–Trinajstić information content (AvgIpc) is 3.26. The number of hydrogen-bond acceptors (Lipinski definition) is 4. The van der Waals surface area contributed by atoms with Crippen LogP contribution >= 0.6 is 0 Å². The molecule has 0 bridgehead atoms. The number of amides is 2. The van der Waals surface area contributed by atoms with Gasteiger partial charge >= 0.3 is 6.03 Å². The fourth-order valence-corrected chi connectivity index (χ4v) is 4.09. The predicted molar refractivity (Wildman–Crippen MR) is 112 cm³/mol. The minimum absolute atomic E-state index is 0.159. The maximum absolute atomic E-state index is 13.2. The Hall–Kier alpha value is -3.22. The Balaban J connectivity index is 1.71. The zero-order valence-corrected chi connectivity index (χ0v) is 16.8. The SMILES string of the molecule is CC1CCC(c2nnnn2-c2ccccc2)(N(C)C(=O)Nc2ccccc2)CC1. The summed E-state index contributed by atoms with van der Waals surface area (Å²) in [5.74, 6) is 1.33. The monoisotopic (exact) mass is 390 g/mol. The van der Waals surface area contributed by atoms with Gasteiger partial charge in [-0.3, -0.25) is 0 Å². The fraction of sp³-hybridized carbons (Fsp3) is 0.364. The summed E-state index contributed by atoms with van der Waals surface area (Å²) in [7, 11) is 1.85. The zero-order chi connectivity index (χ0) is 20.3. The first kappa shape index (κ1) is 19.1. The van der Waals surface area contributed by atoms with Crippen molar-refractivity contribution in [2.24, 2.45) is 5.92 Å². The number of benzene rings is 2. The Bertz CT molecular complexity index is 948. The molecule has 2 amide bonds. The summed E-state index contributed by atoms with van der Waals surface area (Å²) in [6, 6.07) is 19.2. The molecule has 1 aliphatic rings. The van der Waals surface area contributed by atoms with Gasteiger partial charge in [0, 0.05) is 12.7 Å². The lowest BCUT2D eigenvalue weighted by Crippen LogP contribution is -2.52. The summed E-state index contributed by atoms with van der Waals surface area (Å²) in [5, 5.41) is 15.6. The van der Waals surface area contributed by atoms with E-state index in [1.54, 1.807) is 9.58 Å². The van der Waals surface area contributed by atoms with Crippen LogP contribution in [-0.2, 0) is 5.54 Å². The normalized spacial score (nSPS) is 21.5. The molecule has 150 valence electrons. The fourth-order valence-electron chi connectivity index (χ4n) is 4.09. The molecule has 0 radical (unpaired) electrons. The molecule has 7 heteroatoms. The summed E-state index contributed by atoms with van der Waals surface area (Å²) in [5.41, 5.74) is 1.10. The summed E-state index contributed by atoms with van der Waals surface area (Å²) >= 11 is 0. The maximum Gasteiger partial charge on any atom is 0.322 e. The van der Waals surface area contributed by atoms with Crippen molar-refractivity contribution >= 4 is 11.7 Å². The smallest absolute Gasteiger partial charge is 0.315 e. The van der Waals surface area contributed by atoms with Crippen LogP contribution in [0, 0.1) is 5.92 Å².